The molecule has 0 aliphatic heterocycles. The van der Waals surface area contributed by atoms with Crippen molar-refractivity contribution < 1.29 is 23.2 Å². The Balaban J connectivity index is 1.51. The van der Waals surface area contributed by atoms with Gasteiger partial charge in [-0.25, -0.2) is 13.6 Å². The van der Waals surface area contributed by atoms with Crippen LogP contribution in [0.1, 0.15) is 10.4 Å². The van der Waals surface area contributed by atoms with Gasteiger partial charge in [-0.3, -0.25) is 9.59 Å². The van der Waals surface area contributed by atoms with E-state index in [1.807, 2.05) is 6.07 Å². The van der Waals surface area contributed by atoms with Gasteiger partial charge in [-0.2, -0.15) is 0 Å². The number of amides is 4. The molecule has 0 spiro atoms. The molecule has 7 nitrogen and oxygen atoms in total. The number of halogens is 2. The summed E-state index contributed by atoms with van der Waals surface area (Å²) in [6.07, 6.45) is 0. The van der Waals surface area contributed by atoms with Crippen LogP contribution in [-0.2, 0) is 4.79 Å². The molecule has 0 aliphatic rings. The van der Waals surface area contributed by atoms with Gasteiger partial charge in [0.2, 0.25) is 5.91 Å². The van der Waals surface area contributed by atoms with Crippen LogP contribution in [-0.4, -0.2) is 24.4 Å². The van der Waals surface area contributed by atoms with Crippen LogP contribution in [0, 0.1) is 11.6 Å². The summed E-state index contributed by atoms with van der Waals surface area (Å²) in [6.45, 7) is -0.385. The van der Waals surface area contributed by atoms with Gasteiger partial charge in [0, 0.05) is 22.6 Å². The molecule has 3 aromatic carbocycles. The number of benzene rings is 3. The molecule has 0 heterocycles. The number of rotatable bonds is 6. The summed E-state index contributed by atoms with van der Waals surface area (Å²) in [4.78, 5) is 36.1. The Bertz CT molecular complexity index is 1110. The van der Waals surface area contributed by atoms with Gasteiger partial charge in [-0.15, -0.1) is 0 Å². The quantitative estimate of drug-likeness (QED) is 0.482. The molecule has 0 saturated heterocycles. The molecule has 3 aromatic rings. The molecular weight excluding hydrogens is 406 g/mol. The molecule has 4 amide bonds. The first-order valence-electron chi connectivity index (χ1n) is 9.17. The lowest BCUT2D eigenvalue weighted by atomic mass is 10.2. The molecular formula is C22H18F2N4O3. The van der Waals surface area contributed by atoms with Gasteiger partial charge >= 0.3 is 6.03 Å². The molecule has 0 fully saturated rings. The number of hydrogen-bond acceptors (Lipinski definition) is 3. The Morgan fingerprint density at radius 1 is 0.677 bits per heavy atom. The number of nitrogens with one attached hydrogen (secondary N) is 4. The van der Waals surface area contributed by atoms with Gasteiger partial charge < -0.3 is 21.3 Å². The van der Waals surface area contributed by atoms with Gasteiger partial charge in [0.1, 0.15) is 0 Å². The Morgan fingerprint density at radius 3 is 2.03 bits per heavy atom. The molecule has 0 saturated carbocycles. The van der Waals surface area contributed by atoms with E-state index in [4.69, 9.17) is 0 Å². The first-order chi connectivity index (χ1) is 14.9. The lowest BCUT2D eigenvalue weighted by Gasteiger charge is -2.10. The molecule has 0 aliphatic carbocycles. The summed E-state index contributed by atoms with van der Waals surface area (Å²) in [5.41, 5.74) is 1.35. The van der Waals surface area contributed by atoms with Crippen LogP contribution in [0.4, 0.5) is 30.6 Å². The van der Waals surface area contributed by atoms with E-state index >= 15 is 0 Å². The van der Waals surface area contributed by atoms with Crippen LogP contribution in [0.25, 0.3) is 0 Å². The van der Waals surface area contributed by atoms with Crippen LogP contribution >= 0.6 is 0 Å². The summed E-state index contributed by atoms with van der Waals surface area (Å²) < 4.78 is 26.1. The largest absolute Gasteiger partial charge is 0.343 e. The average molecular weight is 424 g/mol. The second-order valence-corrected chi connectivity index (χ2v) is 6.39. The van der Waals surface area contributed by atoms with Crippen LogP contribution in [0.2, 0.25) is 0 Å². The predicted molar refractivity (Wildman–Crippen MR) is 113 cm³/mol. The number of para-hydroxylation sites is 1. The lowest BCUT2D eigenvalue weighted by Crippen LogP contribution is -2.33. The van der Waals surface area contributed by atoms with Gasteiger partial charge in [0.15, 0.2) is 11.6 Å². The van der Waals surface area contributed by atoms with Crippen LogP contribution in [0.3, 0.4) is 0 Å². The second-order valence-electron chi connectivity index (χ2n) is 6.39. The Hall–Kier alpha value is -4.27. The average Bonchev–Trinajstić information content (AvgIpc) is 2.75. The minimum atomic E-state index is -1.15. The van der Waals surface area contributed by atoms with Crippen molar-refractivity contribution in [2.45, 2.75) is 0 Å². The van der Waals surface area contributed by atoms with Crippen molar-refractivity contribution >= 4 is 34.9 Å². The minimum Gasteiger partial charge on any atom is -0.343 e. The standard InChI is InChI=1S/C22H18F2N4O3/c23-18-10-9-14(11-19(18)24)21(30)25-13-20(29)26-16-7-4-8-17(12-16)28-22(31)27-15-5-2-1-3-6-15/h1-12H,13H2,(H,25,30)(H,26,29)(H2,27,28,31). The second kappa shape index (κ2) is 9.97. The monoisotopic (exact) mass is 424 g/mol. The smallest absolute Gasteiger partial charge is 0.323 e. The fourth-order valence-corrected chi connectivity index (χ4v) is 2.59. The Morgan fingerprint density at radius 2 is 1.32 bits per heavy atom. The van der Waals surface area contributed by atoms with E-state index in [9.17, 15) is 23.2 Å². The van der Waals surface area contributed by atoms with Crippen molar-refractivity contribution in [3.05, 3.63) is 90.0 Å². The number of anilines is 3. The van der Waals surface area contributed by atoms with Crippen molar-refractivity contribution in [1.82, 2.24) is 5.32 Å². The third kappa shape index (κ3) is 6.36. The first-order valence-corrected chi connectivity index (χ1v) is 9.17. The van der Waals surface area contributed by atoms with Crippen LogP contribution < -0.4 is 21.3 Å². The molecule has 9 heteroatoms. The molecule has 0 aromatic heterocycles. The Kier molecular flexibility index (Phi) is 6.89. The van der Waals surface area contributed by atoms with Crippen molar-refractivity contribution in [3.8, 4) is 0 Å². The topological polar surface area (TPSA) is 99.3 Å². The van der Waals surface area contributed by atoms with E-state index in [1.54, 1.807) is 48.5 Å². The summed E-state index contributed by atoms with van der Waals surface area (Å²) >= 11 is 0. The number of urea groups is 1. The zero-order valence-corrected chi connectivity index (χ0v) is 16.1. The van der Waals surface area contributed by atoms with Crippen LogP contribution in [0.5, 0.6) is 0 Å². The molecule has 31 heavy (non-hydrogen) atoms. The van der Waals surface area contributed by atoms with Gasteiger partial charge in [0.25, 0.3) is 5.91 Å². The van der Waals surface area contributed by atoms with E-state index in [2.05, 4.69) is 21.3 Å². The van der Waals surface area contributed by atoms with Gasteiger partial charge in [-0.1, -0.05) is 24.3 Å². The Labute approximate surface area is 176 Å². The first kappa shape index (κ1) is 21.4. The maximum absolute atomic E-state index is 13.2. The zero-order chi connectivity index (χ0) is 22.2. The molecule has 0 atom stereocenters. The van der Waals surface area contributed by atoms with Gasteiger partial charge in [-0.05, 0) is 48.5 Å². The highest BCUT2D eigenvalue weighted by Gasteiger charge is 2.11. The summed E-state index contributed by atoms with van der Waals surface area (Å²) in [5.74, 6) is -3.48. The molecule has 0 unspecified atom stereocenters. The molecule has 4 N–H and O–H groups in total. The fourth-order valence-electron chi connectivity index (χ4n) is 2.59. The van der Waals surface area contributed by atoms with Crippen molar-refractivity contribution in [2.24, 2.45) is 0 Å². The van der Waals surface area contributed by atoms with E-state index < -0.39 is 29.5 Å². The van der Waals surface area contributed by atoms with Crippen molar-refractivity contribution in [2.75, 3.05) is 22.5 Å². The maximum atomic E-state index is 13.2. The minimum absolute atomic E-state index is 0.109. The van der Waals surface area contributed by atoms with E-state index in [-0.39, 0.29) is 12.1 Å². The summed E-state index contributed by atoms with van der Waals surface area (Å²) in [6, 6.07) is 17.6. The van der Waals surface area contributed by atoms with E-state index in [0.29, 0.717) is 17.1 Å². The highest BCUT2D eigenvalue weighted by Crippen LogP contribution is 2.16. The van der Waals surface area contributed by atoms with E-state index in [1.165, 1.54) is 0 Å². The summed E-state index contributed by atoms with van der Waals surface area (Å²) in [7, 11) is 0. The molecule has 3 rings (SSSR count). The van der Waals surface area contributed by atoms with E-state index in [0.717, 1.165) is 18.2 Å². The van der Waals surface area contributed by atoms with Crippen molar-refractivity contribution in [1.29, 1.82) is 0 Å². The highest BCUT2D eigenvalue weighted by molar-refractivity contribution is 6.01. The summed E-state index contributed by atoms with van der Waals surface area (Å²) in [5, 5.41) is 10.2. The molecule has 0 radical (unpaired) electrons. The van der Waals surface area contributed by atoms with Gasteiger partial charge in [0.05, 0.1) is 6.54 Å². The third-order valence-corrected chi connectivity index (χ3v) is 4.03. The predicted octanol–water partition coefficient (Wildman–Crippen LogP) is 3.98. The normalized spacial score (nSPS) is 10.1. The maximum Gasteiger partial charge on any atom is 0.323 e. The number of carbonyl (C=O) groups excluding carboxylic acids is 3. The molecule has 0 bridgehead atoms. The zero-order valence-electron chi connectivity index (χ0n) is 16.1. The van der Waals surface area contributed by atoms with Crippen LogP contribution in [0.15, 0.2) is 72.8 Å². The number of hydrogen-bond donors (Lipinski definition) is 4. The highest BCUT2D eigenvalue weighted by atomic mass is 19.2. The lowest BCUT2D eigenvalue weighted by molar-refractivity contribution is -0.115. The van der Waals surface area contributed by atoms with Crippen molar-refractivity contribution in [3.63, 3.8) is 0 Å². The number of carbonyl (C=O) groups is 3. The SMILES string of the molecule is O=C(CNC(=O)c1ccc(F)c(F)c1)Nc1cccc(NC(=O)Nc2ccccc2)c1. The third-order valence-electron chi connectivity index (χ3n) is 4.03. The molecule has 158 valence electrons. The fraction of sp³-hybridized carbons (Fsp3) is 0.0455.